The van der Waals surface area contributed by atoms with E-state index in [-0.39, 0.29) is 32.1 Å². The first-order valence-electron chi connectivity index (χ1n) is 3.50. The fourth-order valence-electron chi connectivity index (χ4n) is 1.12. The molecule has 2 radical (unpaired) electrons. The molecule has 0 aliphatic carbocycles. The Labute approximate surface area is 80.6 Å². The van der Waals surface area contributed by atoms with E-state index in [1.165, 1.54) is 0 Å². The summed E-state index contributed by atoms with van der Waals surface area (Å²) in [5.74, 6) is 0. The minimum atomic E-state index is -0.182. The van der Waals surface area contributed by atoms with Gasteiger partial charge in [0.1, 0.15) is 0 Å². The van der Waals surface area contributed by atoms with Gasteiger partial charge >= 0.3 is 69.5 Å². The molecule has 0 aromatic heterocycles. The van der Waals surface area contributed by atoms with Gasteiger partial charge in [0.25, 0.3) is 0 Å². The van der Waals surface area contributed by atoms with E-state index in [9.17, 15) is 0 Å². The molecule has 70 valence electrons. The zero-order valence-corrected chi connectivity index (χ0v) is 11.4. The third-order valence-electron chi connectivity index (χ3n) is 0.750. The largest absolute Gasteiger partial charge is 0.412 e. The second-order valence-electron chi connectivity index (χ2n) is 4.62. The van der Waals surface area contributed by atoms with Gasteiger partial charge in [0.15, 0.2) is 0 Å². The molecule has 0 spiro atoms. The van der Waals surface area contributed by atoms with Crippen molar-refractivity contribution in [2.45, 2.75) is 48.4 Å². The second-order valence-corrected chi connectivity index (χ2v) is 13.9. The molecule has 0 bridgehead atoms. The quantitative estimate of drug-likeness (QED) is 0.598. The average molecular weight is 269 g/mol. The van der Waals surface area contributed by atoms with Crippen LogP contribution in [0, 0.1) is 0 Å². The van der Waals surface area contributed by atoms with Gasteiger partial charge in [0, 0.05) is 0 Å². The fourth-order valence-corrected chi connectivity index (χ4v) is 7.55. The van der Waals surface area contributed by atoms with Crippen molar-refractivity contribution in [3.05, 3.63) is 0 Å². The Morgan fingerprint density at radius 2 is 0.818 bits per heavy atom. The molecule has 0 atom stereocenters. The van der Waals surface area contributed by atoms with Crippen LogP contribution in [-0.4, -0.2) is 32.1 Å². The maximum absolute atomic E-state index is 2.37. The third-order valence-corrected chi connectivity index (χ3v) is 5.03. The van der Waals surface area contributed by atoms with Crippen LogP contribution in [0.15, 0.2) is 0 Å². The van der Waals surface area contributed by atoms with Crippen LogP contribution in [-0.2, 0) is 0 Å². The van der Waals surface area contributed by atoms with Crippen molar-refractivity contribution in [2.75, 3.05) is 0 Å². The standard InChI is InChI=1S/2C4H9.2H2O.Sn/c2*1-4(2)3;;;/h2*1-3H3;2*1H2;. The Morgan fingerprint density at radius 3 is 0.818 bits per heavy atom. The van der Waals surface area contributed by atoms with E-state index < -0.39 is 0 Å². The van der Waals surface area contributed by atoms with Gasteiger partial charge in [-0.1, -0.05) is 0 Å². The molecular formula is C8H22O2Sn. The molecule has 0 saturated heterocycles. The molecule has 0 aromatic rings. The van der Waals surface area contributed by atoms with Crippen molar-refractivity contribution in [1.29, 1.82) is 0 Å². The Balaban J connectivity index is -0.000000320. The van der Waals surface area contributed by atoms with Crippen molar-refractivity contribution in [3.8, 4) is 0 Å². The van der Waals surface area contributed by atoms with E-state index >= 15 is 0 Å². The summed E-state index contributed by atoms with van der Waals surface area (Å²) in [6.45, 7) is 14.2. The molecule has 4 N–H and O–H groups in total. The van der Waals surface area contributed by atoms with E-state index in [0.29, 0.717) is 6.86 Å². The van der Waals surface area contributed by atoms with Gasteiger partial charge in [-0.05, 0) is 0 Å². The first kappa shape index (κ1) is 17.7. The Hall–Kier alpha value is 0.719. The Bertz CT molecular complexity index is 77.2. The summed E-state index contributed by atoms with van der Waals surface area (Å²) in [6.07, 6.45) is 0. The smallest absolute Gasteiger partial charge is 0.412 e. The number of hydrogen-bond donors (Lipinski definition) is 0. The van der Waals surface area contributed by atoms with Crippen LogP contribution >= 0.6 is 0 Å². The normalized spacial score (nSPS) is 11.5. The predicted octanol–water partition coefficient (Wildman–Crippen LogP) is 1.48. The fraction of sp³-hybridized carbons (Fsp3) is 1.00. The van der Waals surface area contributed by atoms with Crippen molar-refractivity contribution >= 4 is 21.1 Å². The van der Waals surface area contributed by atoms with Gasteiger partial charge < -0.3 is 11.0 Å². The number of rotatable bonds is 0. The van der Waals surface area contributed by atoms with Crippen molar-refractivity contribution < 1.29 is 11.0 Å². The van der Waals surface area contributed by atoms with Gasteiger partial charge in [-0.15, -0.1) is 0 Å². The first-order chi connectivity index (χ1) is 3.71. The van der Waals surface area contributed by atoms with Crippen molar-refractivity contribution in [1.82, 2.24) is 0 Å². The summed E-state index contributed by atoms with van der Waals surface area (Å²) in [5.41, 5.74) is 0. The van der Waals surface area contributed by atoms with Gasteiger partial charge in [-0.3, -0.25) is 0 Å². The monoisotopic (exact) mass is 270 g/mol. The van der Waals surface area contributed by atoms with E-state index in [0.717, 1.165) is 0 Å². The minimum absolute atomic E-state index is 0. The molecule has 0 rings (SSSR count). The van der Waals surface area contributed by atoms with Gasteiger partial charge in [0.2, 0.25) is 0 Å². The van der Waals surface area contributed by atoms with E-state index in [1.54, 1.807) is 0 Å². The van der Waals surface area contributed by atoms with Gasteiger partial charge in [0.05, 0.1) is 0 Å². The summed E-state index contributed by atoms with van der Waals surface area (Å²) >= 11 is -0.182. The topological polar surface area (TPSA) is 63.0 Å². The third kappa shape index (κ3) is 18.0. The summed E-state index contributed by atoms with van der Waals surface area (Å²) < 4.78 is 1.31. The van der Waals surface area contributed by atoms with Gasteiger partial charge in [-0.2, -0.15) is 0 Å². The second kappa shape index (κ2) is 5.38. The molecule has 11 heavy (non-hydrogen) atoms. The minimum Gasteiger partial charge on any atom is -0.412 e. The zero-order valence-electron chi connectivity index (χ0n) is 8.50. The van der Waals surface area contributed by atoms with Crippen molar-refractivity contribution in [2.24, 2.45) is 0 Å². The van der Waals surface area contributed by atoms with Crippen LogP contribution in [0.1, 0.15) is 41.5 Å². The van der Waals surface area contributed by atoms with Crippen LogP contribution in [0.3, 0.4) is 0 Å². The summed E-state index contributed by atoms with van der Waals surface area (Å²) in [7, 11) is 0. The van der Waals surface area contributed by atoms with E-state index in [2.05, 4.69) is 41.5 Å². The molecule has 0 unspecified atom stereocenters. The Morgan fingerprint density at radius 1 is 0.636 bits per heavy atom. The molecule has 0 aromatic carbocycles. The summed E-state index contributed by atoms with van der Waals surface area (Å²) in [6, 6.07) is 0. The van der Waals surface area contributed by atoms with Crippen LogP contribution in [0.5, 0.6) is 0 Å². The average Bonchev–Trinajstić information content (AvgIpc) is 1.14. The SMILES string of the molecule is C[C](C)(C)[Sn][C](C)(C)C.O.O. The van der Waals surface area contributed by atoms with Crippen LogP contribution in [0.2, 0.25) is 6.86 Å². The molecule has 0 saturated carbocycles. The van der Waals surface area contributed by atoms with Crippen LogP contribution in [0.25, 0.3) is 0 Å². The van der Waals surface area contributed by atoms with E-state index in [1.807, 2.05) is 0 Å². The van der Waals surface area contributed by atoms with Crippen LogP contribution < -0.4 is 0 Å². The first-order valence-corrected chi connectivity index (χ1v) is 6.35. The molecule has 0 aliphatic rings. The molecular weight excluding hydrogens is 247 g/mol. The maximum atomic E-state index is 2.37. The summed E-state index contributed by atoms with van der Waals surface area (Å²) in [5, 5.41) is 0. The summed E-state index contributed by atoms with van der Waals surface area (Å²) in [4.78, 5) is 0. The number of hydrogen-bond acceptors (Lipinski definition) is 0. The predicted molar refractivity (Wildman–Crippen MR) is 52.4 cm³/mol. The van der Waals surface area contributed by atoms with E-state index in [4.69, 9.17) is 0 Å². The Kier molecular flexibility index (Phi) is 8.66. The molecule has 2 nitrogen and oxygen atoms in total. The molecule has 0 fully saturated rings. The van der Waals surface area contributed by atoms with Crippen molar-refractivity contribution in [3.63, 3.8) is 0 Å². The molecule has 3 heteroatoms. The van der Waals surface area contributed by atoms with Crippen LogP contribution in [0.4, 0.5) is 0 Å². The molecule has 0 aliphatic heterocycles. The molecule has 0 heterocycles. The maximum Gasteiger partial charge on any atom is -0.412 e. The zero-order chi connectivity index (χ0) is 7.71. The molecule has 0 amide bonds. The van der Waals surface area contributed by atoms with Gasteiger partial charge in [-0.25, -0.2) is 0 Å².